The molecule has 0 aliphatic carbocycles. The third-order valence-electron chi connectivity index (χ3n) is 5.40. The smallest absolute Gasteiger partial charge is 0.255 e. The molecule has 1 aliphatic heterocycles. The van der Waals surface area contributed by atoms with E-state index >= 15 is 0 Å². The molecule has 1 saturated heterocycles. The summed E-state index contributed by atoms with van der Waals surface area (Å²) in [5.41, 5.74) is 0.367. The minimum Gasteiger partial charge on any atom is -0.365 e. The van der Waals surface area contributed by atoms with Gasteiger partial charge in [0.25, 0.3) is 5.91 Å². The Morgan fingerprint density at radius 3 is 2.76 bits per heavy atom. The van der Waals surface area contributed by atoms with Crippen molar-refractivity contribution < 1.29 is 9.59 Å². The first-order valence-electron chi connectivity index (χ1n) is 9.84. The van der Waals surface area contributed by atoms with E-state index in [1.807, 2.05) is 6.07 Å². The maximum absolute atomic E-state index is 12.8. The quantitative estimate of drug-likeness (QED) is 0.760. The minimum atomic E-state index is -0.191. The fourth-order valence-electron chi connectivity index (χ4n) is 3.43. The number of rotatable bonds is 7. The number of hydrogen-bond donors (Lipinski definition) is 1. The number of carbonyl (C=O) groups excluding carboxylic acids is 2. The number of carbonyl (C=O) groups is 2. The van der Waals surface area contributed by atoms with Gasteiger partial charge in [0.15, 0.2) is 0 Å². The van der Waals surface area contributed by atoms with Crippen LogP contribution in [0.1, 0.15) is 44.0 Å². The van der Waals surface area contributed by atoms with Crippen LogP contribution in [0.3, 0.4) is 0 Å². The second kappa shape index (κ2) is 8.59. The van der Waals surface area contributed by atoms with E-state index < -0.39 is 0 Å². The largest absolute Gasteiger partial charge is 0.365 e. The van der Waals surface area contributed by atoms with Gasteiger partial charge in [-0.1, -0.05) is 0 Å². The average molecular weight is 399 g/mol. The second-order valence-electron chi connectivity index (χ2n) is 8.17. The van der Waals surface area contributed by atoms with Crippen molar-refractivity contribution in [2.75, 3.05) is 25.5 Å². The van der Waals surface area contributed by atoms with E-state index in [1.54, 1.807) is 47.0 Å². The van der Waals surface area contributed by atoms with Crippen molar-refractivity contribution in [3.63, 3.8) is 0 Å². The number of likely N-dealkylation sites (tertiary alicyclic amines) is 1. The van der Waals surface area contributed by atoms with Crippen molar-refractivity contribution in [1.29, 1.82) is 0 Å². The lowest BCUT2D eigenvalue weighted by molar-refractivity contribution is -0.129. The molecule has 1 fully saturated rings. The van der Waals surface area contributed by atoms with Gasteiger partial charge in [0.2, 0.25) is 5.91 Å². The molecule has 2 amide bonds. The van der Waals surface area contributed by atoms with Gasteiger partial charge in [0.1, 0.15) is 18.5 Å². The molecule has 29 heavy (non-hydrogen) atoms. The molecule has 9 nitrogen and oxygen atoms in total. The van der Waals surface area contributed by atoms with Crippen LogP contribution in [0.15, 0.2) is 31.0 Å². The van der Waals surface area contributed by atoms with Gasteiger partial charge in [-0.05, 0) is 38.8 Å². The molecule has 0 saturated carbocycles. The molecular weight excluding hydrogens is 370 g/mol. The lowest BCUT2D eigenvalue weighted by atomic mass is 10.0. The number of hydrogen-bond acceptors (Lipinski definition) is 6. The molecule has 3 heterocycles. The fourth-order valence-corrected chi connectivity index (χ4v) is 3.43. The van der Waals surface area contributed by atoms with Crippen LogP contribution in [0.25, 0.3) is 0 Å². The molecular formula is C20H29N7O2. The number of amides is 2. The first-order valence-corrected chi connectivity index (χ1v) is 9.84. The van der Waals surface area contributed by atoms with Crippen molar-refractivity contribution in [1.82, 2.24) is 29.5 Å². The molecule has 1 N–H and O–H groups in total. The molecule has 3 rings (SSSR count). The monoisotopic (exact) mass is 399 g/mol. The van der Waals surface area contributed by atoms with Gasteiger partial charge < -0.3 is 15.1 Å². The number of likely N-dealkylation sites (N-methyl/N-ethyl adjacent to an activating group) is 1. The highest BCUT2D eigenvalue weighted by Gasteiger charge is 2.30. The Kier molecular flexibility index (Phi) is 6.14. The van der Waals surface area contributed by atoms with Crippen molar-refractivity contribution in [2.24, 2.45) is 0 Å². The van der Waals surface area contributed by atoms with Gasteiger partial charge in [-0.2, -0.15) is 5.10 Å². The Bertz CT molecular complexity index is 833. The Hall–Kier alpha value is -2.97. The number of nitrogens with zero attached hydrogens (tertiary/aromatic N) is 6. The first kappa shape index (κ1) is 20.8. The number of aromatic nitrogens is 4. The summed E-state index contributed by atoms with van der Waals surface area (Å²) in [5.74, 6) is 0.697. The zero-order chi connectivity index (χ0) is 21.0. The summed E-state index contributed by atoms with van der Waals surface area (Å²) < 4.78 is 1.80. The van der Waals surface area contributed by atoms with Crippen LogP contribution in [0, 0.1) is 0 Å². The van der Waals surface area contributed by atoms with Gasteiger partial charge in [0, 0.05) is 45.3 Å². The summed E-state index contributed by atoms with van der Waals surface area (Å²) in [6.45, 7) is 7.71. The second-order valence-corrected chi connectivity index (χ2v) is 8.17. The maximum atomic E-state index is 12.8. The first-order chi connectivity index (χ1) is 13.7. The standard InChI is InChI=1S/C20H29N7O2/c1-15(28)25(4)17-7-9-26(12-17)19(29)16-5-6-18(22-11-16)24-20(2,3)8-10-27-14-21-13-23-27/h5-6,11,13-14,17H,7-10,12H2,1-4H3,(H,22,24)/t17-/m0/s1. The summed E-state index contributed by atoms with van der Waals surface area (Å²) in [7, 11) is 1.79. The summed E-state index contributed by atoms with van der Waals surface area (Å²) >= 11 is 0. The Morgan fingerprint density at radius 1 is 1.34 bits per heavy atom. The predicted octanol–water partition coefficient (Wildman–Crippen LogP) is 1.65. The van der Waals surface area contributed by atoms with E-state index in [0.717, 1.165) is 25.2 Å². The van der Waals surface area contributed by atoms with Crippen molar-refractivity contribution in [3.8, 4) is 0 Å². The number of anilines is 1. The molecule has 2 aromatic rings. The lowest BCUT2D eigenvalue weighted by Crippen LogP contribution is -2.39. The predicted molar refractivity (Wildman–Crippen MR) is 109 cm³/mol. The third-order valence-corrected chi connectivity index (χ3v) is 5.40. The highest BCUT2D eigenvalue weighted by atomic mass is 16.2. The molecule has 0 radical (unpaired) electrons. The van der Waals surface area contributed by atoms with E-state index in [0.29, 0.717) is 18.7 Å². The Morgan fingerprint density at radius 2 is 2.14 bits per heavy atom. The fraction of sp³-hybridized carbons (Fsp3) is 0.550. The molecule has 1 atom stereocenters. The molecule has 9 heteroatoms. The highest BCUT2D eigenvalue weighted by molar-refractivity contribution is 5.94. The Balaban J connectivity index is 1.55. The zero-order valence-corrected chi connectivity index (χ0v) is 17.5. The van der Waals surface area contributed by atoms with Gasteiger partial charge in [0.05, 0.1) is 11.6 Å². The van der Waals surface area contributed by atoms with Gasteiger partial charge >= 0.3 is 0 Å². The topological polar surface area (TPSA) is 96.2 Å². The third kappa shape index (κ3) is 5.30. The number of nitrogens with one attached hydrogen (secondary N) is 1. The van der Waals surface area contributed by atoms with Crippen LogP contribution in [-0.4, -0.2) is 73.1 Å². The Labute approximate surface area is 171 Å². The lowest BCUT2D eigenvalue weighted by Gasteiger charge is -2.27. The SMILES string of the molecule is CC(=O)N(C)[C@H]1CCN(C(=O)c2ccc(NC(C)(C)CCn3cncn3)nc2)C1. The maximum Gasteiger partial charge on any atom is 0.255 e. The molecule has 0 aromatic carbocycles. The molecule has 156 valence electrons. The minimum absolute atomic E-state index is 0.0211. The van der Waals surface area contributed by atoms with E-state index in [4.69, 9.17) is 0 Å². The van der Waals surface area contributed by atoms with Gasteiger partial charge in [-0.15, -0.1) is 0 Å². The molecule has 0 unspecified atom stereocenters. The van der Waals surface area contributed by atoms with Gasteiger partial charge in [-0.3, -0.25) is 14.3 Å². The van der Waals surface area contributed by atoms with E-state index in [9.17, 15) is 9.59 Å². The van der Waals surface area contributed by atoms with Crippen LogP contribution >= 0.6 is 0 Å². The summed E-state index contributed by atoms with van der Waals surface area (Å²) in [4.78, 5) is 36.2. The average Bonchev–Trinajstić information content (AvgIpc) is 3.37. The molecule has 2 aromatic heterocycles. The van der Waals surface area contributed by atoms with Crippen molar-refractivity contribution >= 4 is 17.6 Å². The van der Waals surface area contributed by atoms with Crippen molar-refractivity contribution in [3.05, 3.63) is 36.5 Å². The van der Waals surface area contributed by atoms with Crippen LogP contribution in [-0.2, 0) is 11.3 Å². The summed E-state index contributed by atoms with van der Waals surface area (Å²) in [6, 6.07) is 3.71. The molecule has 1 aliphatic rings. The van der Waals surface area contributed by atoms with Crippen LogP contribution in [0.2, 0.25) is 0 Å². The highest BCUT2D eigenvalue weighted by Crippen LogP contribution is 2.20. The van der Waals surface area contributed by atoms with Crippen LogP contribution < -0.4 is 5.32 Å². The number of pyridine rings is 1. The summed E-state index contributed by atoms with van der Waals surface area (Å²) in [5, 5.41) is 7.53. The van der Waals surface area contributed by atoms with Gasteiger partial charge in [-0.25, -0.2) is 9.97 Å². The molecule has 0 spiro atoms. The molecule has 0 bridgehead atoms. The zero-order valence-electron chi connectivity index (χ0n) is 17.5. The van der Waals surface area contributed by atoms with Crippen LogP contribution in [0.5, 0.6) is 0 Å². The van der Waals surface area contributed by atoms with Crippen LogP contribution in [0.4, 0.5) is 5.82 Å². The normalized spacial score (nSPS) is 16.7. The van der Waals surface area contributed by atoms with Crippen molar-refractivity contribution in [2.45, 2.75) is 51.7 Å². The van der Waals surface area contributed by atoms with E-state index in [2.05, 4.69) is 34.2 Å². The summed E-state index contributed by atoms with van der Waals surface area (Å²) in [6.07, 6.45) is 6.48. The van der Waals surface area contributed by atoms with E-state index in [1.165, 1.54) is 6.33 Å². The number of aryl methyl sites for hydroxylation is 1. The van der Waals surface area contributed by atoms with E-state index in [-0.39, 0.29) is 23.4 Å².